The smallest absolute Gasteiger partial charge is 0.253 e. The van der Waals surface area contributed by atoms with E-state index in [0.717, 1.165) is 25.7 Å². The zero-order valence-corrected chi connectivity index (χ0v) is 23.4. The Kier molecular flexibility index (Phi) is 6.63. The van der Waals surface area contributed by atoms with Gasteiger partial charge in [-0.25, -0.2) is 22.1 Å². The quantitative estimate of drug-likeness (QED) is 0.406. The van der Waals surface area contributed by atoms with Gasteiger partial charge in [-0.05, 0) is 72.0 Å². The number of primary amides is 1. The number of benzene rings is 1. The van der Waals surface area contributed by atoms with Gasteiger partial charge in [-0.3, -0.25) is 4.79 Å². The van der Waals surface area contributed by atoms with E-state index in [9.17, 15) is 17.6 Å². The lowest BCUT2D eigenvalue weighted by Gasteiger charge is -2.48. The largest absolute Gasteiger partial charge is 0.365 e. The number of rotatable bonds is 8. The fourth-order valence-electron chi connectivity index (χ4n) is 6.38. The molecule has 2 heterocycles. The molecule has 1 aliphatic heterocycles. The van der Waals surface area contributed by atoms with Crippen molar-refractivity contribution in [2.45, 2.75) is 62.7 Å². The van der Waals surface area contributed by atoms with Gasteiger partial charge in [0.15, 0.2) is 0 Å². The number of aromatic nitrogens is 2. The Bertz CT molecular complexity index is 1370. The van der Waals surface area contributed by atoms with Gasteiger partial charge in [0.1, 0.15) is 11.6 Å². The summed E-state index contributed by atoms with van der Waals surface area (Å²) in [5.74, 6) is 0.0741. The number of piperidine rings is 1. The Labute approximate surface area is 230 Å². The lowest BCUT2D eigenvalue weighted by Crippen LogP contribution is -2.56. The number of sulfonamides is 1. The third kappa shape index (κ3) is 4.58. The second-order valence-electron chi connectivity index (χ2n) is 11.2. The zero-order chi connectivity index (χ0) is 26.7. The highest BCUT2D eigenvalue weighted by atomic mass is 79.9. The maximum absolute atomic E-state index is 14.2. The van der Waals surface area contributed by atoms with Crippen molar-refractivity contribution in [2.24, 2.45) is 23.0 Å². The van der Waals surface area contributed by atoms with E-state index in [1.807, 2.05) is 0 Å². The van der Waals surface area contributed by atoms with Gasteiger partial charge in [0.2, 0.25) is 16.0 Å². The fraction of sp³-hybridized carbons (Fsp3) is 0.577. The van der Waals surface area contributed by atoms with Gasteiger partial charge in [0, 0.05) is 30.7 Å². The van der Waals surface area contributed by atoms with Crippen LogP contribution in [0.4, 0.5) is 21.8 Å². The first-order valence-corrected chi connectivity index (χ1v) is 15.6. The average molecular weight is 608 g/mol. The van der Waals surface area contributed by atoms with E-state index in [2.05, 4.69) is 36.5 Å². The molecule has 1 saturated heterocycles. The lowest BCUT2D eigenvalue weighted by molar-refractivity contribution is 0.0997. The van der Waals surface area contributed by atoms with Crippen LogP contribution < -0.4 is 16.4 Å². The van der Waals surface area contributed by atoms with Gasteiger partial charge in [0.05, 0.1) is 21.0 Å². The molecule has 2 aromatic rings. The van der Waals surface area contributed by atoms with E-state index in [4.69, 9.17) is 5.73 Å². The summed E-state index contributed by atoms with van der Waals surface area (Å²) < 4.78 is 43.6. The number of anilines is 3. The van der Waals surface area contributed by atoms with Crippen molar-refractivity contribution in [3.63, 3.8) is 0 Å². The summed E-state index contributed by atoms with van der Waals surface area (Å²) in [5, 5.41) is 6.22. The molecule has 3 atom stereocenters. The van der Waals surface area contributed by atoms with E-state index in [0.29, 0.717) is 47.6 Å². The number of amides is 1. The first kappa shape index (κ1) is 25.9. The average Bonchev–Trinajstić information content (AvgIpc) is 3.58. The minimum absolute atomic E-state index is 0.0437. The standard InChI is InChI=1S/C26H32BrFN6O3S/c27-17-13-30-25(33-24(17)31-19-6-2-5-18(28)22(19)23(29)35)32-21-9-12-34(14-26(21)10-11-26)38(36,37)20-8-7-16(20)15-3-1-4-15/h2,5-6,13,15-16,20-21H,1,3-4,7-12,14H2,(H2,29,35)(H2,30,31,32,33). The van der Waals surface area contributed by atoms with Crippen molar-refractivity contribution in [3.8, 4) is 0 Å². The normalized spacial score (nSPS) is 26.8. The molecule has 204 valence electrons. The monoisotopic (exact) mass is 606 g/mol. The SMILES string of the molecule is NC(=O)c1c(F)cccc1Nc1nc(NC2CCN(S(=O)(=O)C3CCC3C3CCC3)CC23CC3)ncc1Br. The second-order valence-corrected chi connectivity index (χ2v) is 14.2. The molecule has 12 heteroatoms. The molecule has 0 bridgehead atoms. The maximum atomic E-state index is 14.2. The first-order chi connectivity index (χ1) is 18.2. The lowest BCUT2D eigenvalue weighted by atomic mass is 9.66. The fourth-order valence-corrected chi connectivity index (χ4v) is 9.08. The molecule has 1 aromatic heterocycles. The molecular formula is C26H32BrFN6O3S. The maximum Gasteiger partial charge on any atom is 0.253 e. The molecule has 3 aliphatic carbocycles. The summed E-state index contributed by atoms with van der Waals surface area (Å²) >= 11 is 3.41. The van der Waals surface area contributed by atoms with E-state index in [-0.39, 0.29) is 28.0 Å². The number of carbonyl (C=O) groups is 1. The molecule has 1 aromatic carbocycles. The number of nitrogens with one attached hydrogen (secondary N) is 2. The third-order valence-electron chi connectivity index (χ3n) is 9.11. The Morgan fingerprint density at radius 2 is 1.97 bits per heavy atom. The van der Waals surface area contributed by atoms with Crippen molar-refractivity contribution in [3.05, 3.63) is 40.2 Å². The minimum Gasteiger partial charge on any atom is -0.365 e. The van der Waals surface area contributed by atoms with Crippen LogP contribution in [-0.2, 0) is 10.0 Å². The van der Waals surface area contributed by atoms with Crippen LogP contribution in [-0.4, -0.2) is 53.0 Å². The molecule has 38 heavy (non-hydrogen) atoms. The van der Waals surface area contributed by atoms with Crippen molar-refractivity contribution in [1.82, 2.24) is 14.3 Å². The molecular weight excluding hydrogens is 575 g/mol. The van der Waals surface area contributed by atoms with E-state index < -0.39 is 21.7 Å². The topological polar surface area (TPSA) is 130 Å². The highest BCUT2D eigenvalue weighted by molar-refractivity contribution is 9.10. The molecule has 4 N–H and O–H groups in total. The number of halogens is 2. The summed E-state index contributed by atoms with van der Waals surface area (Å²) in [7, 11) is -3.29. The van der Waals surface area contributed by atoms with Crippen LogP contribution in [0.3, 0.4) is 0 Å². The number of hydrogen-bond donors (Lipinski definition) is 3. The van der Waals surface area contributed by atoms with Gasteiger partial charge >= 0.3 is 0 Å². The Morgan fingerprint density at radius 3 is 2.61 bits per heavy atom. The van der Waals surface area contributed by atoms with Crippen LogP contribution >= 0.6 is 15.9 Å². The number of nitrogens with two attached hydrogens (primary N) is 1. The molecule has 0 radical (unpaired) electrons. The Morgan fingerprint density at radius 1 is 1.18 bits per heavy atom. The van der Waals surface area contributed by atoms with Crippen molar-refractivity contribution in [2.75, 3.05) is 23.7 Å². The molecule has 3 saturated carbocycles. The predicted octanol–water partition coefficient (Wildman–Crippen LogP) is 4.40. The Balaban J connectivity index is 1.16. The third-order valence-corrected chi connectivity index (χ3v) is 12.1. The van der Waals surface area contributed by atoms with Crippen LogP contribution in [0, 0.1) is 23.1 Å². The number of hydrogen-bond acceptors (Lipinski definition) is 7. The van der Waals surface area contributed by atoms with Crippen LogP contribution in [0.2, 0.25) is 0 Å². The van der Waals surface area contributed by atoms with E-state index in [1.54, 1.807) is 16.6 Å². The second kappa shape index (κ2) is 9.71. The van der Waals surface area contributed by atoms with Gasteiger partial charge in [-0.15, -0.1) is 0 Å². The minimum atomic E-state index is -3.29. The summed E-state index contributed by atoms with van der Waals surface area (Å²) in [4.78, 5) is 20.8. The molecule has 3 unspecified atom stereocenters. The molecule has 6 rings (SSSR count). The van der Waals surface area contributed by atoms with Crippen LogP contribution in [0.25, 0.3) is 0 Å². The summed E-state index contributed by atoms with van der Waals surface area (Å²) in [6.07, 6.45) is 9.61. The van der Waals surface area contributed by atoms with Crippen molar-refractivity contribution >= 4 is 49.3 Å². The van der Waals surface area contributed by atoms with E-state index >= 15 is 0 Å². The summed E-state index contributed by atoms with van der Waals surface area (Å²) in [6.45, 7) is 1.02. The number of nitrogens with zero attached hydrogens (tertiary/aromatic N) is 3. The van der Waals surface area contributed by atoms with Gasteiger partial charge < -0.3 is 16.4 Å². The number of carbonyl (C=O) groups excluding carboxylic acids is 1. The van der Waals surface area contributed by atoms with Crippen molar-refractivity contribution < 1.29 is 17.6 Å². The van der Waals surface area contributed by atoms with Crippen LogP contribution in [0.5, 0.6) is 0 Å². The molecule has 1 spiro atoms. The van der Waals surface area contributed by atoms with E-state index in [1.165, 1.54) is 31.4 Å². The molecule has 4 fully saturated rings. The van der Waals surface area contributed by atoms with Gasteiger partial charge in [-0.2, -0.15) is 4.98 Å². The molecule has 1 amide bonds. The Hall–Kier alpha value is -2.31. The van der Waals surface area contributed by atoms with Crippen molar-refractivity contribution in [1.29, 1.82) is 0 Å². The summed E-state index contributed by atoms with van der Waals surface area (Å²) in [5.41, 5.74) is 5.22. The molecule has 9 nitrogen and oxygen atoms in total. The van der Waals surface area contributed by atoms with Gasteiger partial charge in [-0.1, -0.05) is 25.3 Å². The zero-order valence-electron chi connectivity index (χ0n) is 21.0. The predicted molar refractivity (Wildman–Crippen MR) is 146 cm³/mol. The summed E-state index contributed by atoms with van der Waals surface area (Å²) in [6, 6.07) is 4.25. The van der Waals surface area contributed by atoms with Crippen LogP contribution in [0.15, 0.2) is 28.9 Å². The highest BCUT2D eigenvalue weighted by Crippen LogP contribution is 2.55. The highest BCUT2D eigenvalue weighted by Gasteiger charge is 2.57. The molecule has 4 aliphatic rings. The first-order valence-electron chi connectivity index (χ1n) is 13.3. The van der Waals surface area contributed by atoms with Gasteiger partial charge in [0.25, 0.3) is 5.91 Å². The van der Waals surface area contributed by atoms with Crippen LogP contribution in [0.1, 0.15) is 61.7 Å².